The third kappa shape index (κ3) is 6.96. The van der Waals surface area contributed by atoms with E-state index >= 15 is 0 Å². The second-order valence-electron chi connectivity index (χ2n) is 6.61. The van der Waals surface area contributed by atoms with E-state index in [1.807, 2.05) is 0 Å². The van der Waals surface area contributed by atoms with Crippen molar-refractivity contribution in [3.05, 3.63) is 95.6 Å². The number of nitrogens with one attached hydrogen (secondary N) is 2. The average molecular weight is 426 g/mol. The van der Waals surface area contributed by atoms with Crippen LogP contribution in [0, 0.1) is 0 Å². The van der Waals surface area contributed by atoms with Crippen molar-refractivity contribution in [2.24, 2.45) is 0 Å². The van der Waals surface area contributed by atoms with Crippen LogP contribution in [0.4, 0.5) is 5.69 Å². The second kappa shape index (κ2) is 11.3. The predicted molar refractivity (Wildman–Crippen MR) is 109 cm³/mol. The minimum Gasteiger partial charge on any atom is -0.872 e. The van der Waals surface area contributed by atoms with E-state index in [0.717, 1.165) is 0 Å². The van der Waals surface area contributed by atoms with E-state index in [1.165, 1.54) is 36.4 Å². The Hall–Kier alpha value is -3.13. The van der Waals surface area contributed by atoms with Gasteiger partial charge < -0.3 is 20.8 Å². The van der Waals surface area contributed by atoms with Crippen LogP contribution in [-0.4, -0.2) is 28.9 Å². The number of carbonyl (C=O) groups excluding carboxylic acids is 2. The summed E-state index contributed by atoms with van der Waals surface area (Å²) in [5.41, 5.74) is 1.62. The molecule has 8 heteroatoms. The fourth-order valence-electron chi connectivity index (χ4n) is 2.83. The Bertz CT molecular complexity index is 1040. The molecule has 3 aromatic carbocycles. The summed E-state index contributed by atoms with van der Waals surface area (Å²) >= 11 is 0. The van der Waals surface area contributed by atoms with Crippen LogP contribution in [0.25, 0.3) is 0 Å². The third-order valence-electron chi connectivity index (χ3n) is 4.42. The van der Waals surface area contributed by atoms with Crippen LogP contribution in [0.1, 0.15) is 26.3 Å². The molecule has 3 aromatic rings. The standard InChI is InChI=1S/C23H20N2O5.Na/c26-19-12-6-15(7-13-19)14-20(25-21(27)16-4-2-1-3-5-16)22(28)24-18-10-8-17(9-11-18)23(29)30;/h1-13,20,26H,14H2,(H,24,28)(H,25,27)(H,29,30);/q;+1/p-1. The third-order valence-corrected chi connectivity index (χ3v) is 4.42. The molecule has 0 radical (unpaired) electrons. The molecule has 0 aromatic heterocycles. The summed E-state index contributed by atoms with van der Waals surface area (Å²) < 4.78 is 0. The Labute approximate surface area is 201 Å². The topological polar surface area (TPSA) is 119 Å². The van der Waals surface area contributed by atoms with Gasteiger partial charge in [-0.3, -0.25) is 9.59 Å². The van der Waals surface area contributed by atoms with Gasteiger partial charge in [-0.25, -0.2) is 4.79 Å². The summed E-state index contributed by atoms with van der Waals surface area (Å²) in [7, 11) is 0. The first-order valence-electron chi connectivity index (χ1n) is 9.18. The maximum Gasteiger partial charge on any atom is 1.00 e. The number of anilines is 1. The van der Waals surface area contributed by atoms with Crippen LogP contribution < -0.4 is 45.3 Å². The van der Waals surface area contributed by atoms with Crippen molar-refractivity contribution in [1.29, 1.82) is 0 Å². The van der Waals surface area contributed by atoms with Crippen molar-refractivity contribution in [2.45, 2.75) is 12.5 Å². The molecule has 1 atom stereocenters. The average Bonchev–Trinajstić information content (AvgIpc) is 2.75. The van der Waals surface area contributed by atoms with E-state index in [0.29, 0.717) is 16.8 Å². The Morgan fingerprint density at radius 1 is 0.839 bits per heavy atom. The van der Waals surface area contributed by atoms with Crippen LogP contribution >= 0.6 is 0 Å². The van der Waals surface area contributed by atoms with Crippen LogP contribution in [0.3, 0.4) is 0 Å². The van der Waals surface area contributed by atoms with E-state index in [1.54, 1.807) is 42.5 Å². The number of amides is 2. The van der Waals surface area contributed by atoms with Gasteiger partial charge in [-0.1, -0.05) is 42.5 Å². The zero-order valence-electron chi connectivity index (χ0n) is 16.9. The van der Waals surface area contributed by atoms with Crippen molar-refractivity contribution < 1.29 is 54.2 Å². The summed E-state index contributed by atoms with van der Waals surface area (Å²) in [6, 6.07) is 19.3. The fraction of sp³-hybridized carbons (Fsp3) is 0.0870. The van der Waals surface area contributed by atoms with Gasteiger partial charge in [0.2, 0.25) is 5.91 Å². The molecule has 3 rings (SSSR count). The Kier molecular flexibility index (Phi) is 8.81. The predicted octanol–water partition coefficient (Wildman–Crippen LogP) is -0.558. The molecule has 0 saturated heterocycles. The minimum absolute atomic E-state index is 0. The summed E-state index contributed by atoms with van der Waals surface area (Å²) in [6.45, 7) is 0. The Morgan fingerprint density at radius 3 is 2.03 bits per heavy atom. The molecule has 2 amide bonds. The maximum absolute atomic E-state index is 12.9. The fourth-order valence-corrected chi connectivity index (χ4v) is 2.83. The molecule has 152 valence electrons. The van der Waals surface area contributed by atoms with E-state index in [4.69, 9.17) is 5.11 Å². The van der Waals surface area contributed by atoms with Crippen molar-refractivity contribution in [2.75, 3.05) is 5.32 Å². The van der Waals surface area contributed by atoms with E-state index < -0.39 is 23.8 Å². The number of carboxylic acids is 1. The number of benzene rings is 3. The van der Waals surface area contributed by atoms with Crippen molar-refractivity contribution in [3.63, 3.8) is 0 Å². The van der Waals surface area contributed by atoms with Gasteiger partial charge in [-0.05, 0) is 42.0 Å². The minimum atomic E-state index is -1.07. The number of rotatable bonds is 7. The van der Waals surface area contributed by atoms with Crippen molar-refractivity contribution >= 4 is 23.5 Å². The van der Waals surface area contributed by atoms with E-state index in [2.05, 4.69) is 10.6 Å². The summed E-state index contributed by atoms with van der Waals surface area (Å²) in [6.07, 6.45) is 0.178. The molecule has 0 fully saturated rings. The van der Waals surface area contributed by atoms with E-state index in [-0.39, 0.29) is 47.3 Å². The first-order chi connectivity index (χ1) is 14.4. The molecule has 0 aliphatic heterocycles. The molecule has 3 N–H and O–H groups in total. The number of aromatic carboxylic acids is 1. The molecular formula is C23H19N2NaO5. The van der Waals surface area contributed by atoms with Gasteiger partial charge in [0.05, 0.1) is 5.56 Å². The summed E-state index contributed by atoms with van der Waals surface area (Å²) in [5, 5.41) is 25.7. The molecule has 7 nitrogen and oxygen atoms in total. The molecule has 0 aliphatic carbocycles. The smallest absolute Gasteiger partial charge is 0.872 e. The number of carbonyl (C=O) groups is 3. The molecule has 0 saturated carbocycles. The van der Waals surface area contributed by atoms with Crippen LogP contribution in [-0.2, 0) is 11.2 Å². The van der Waals surface area contributed by atoms with Gasteiger partial charge in [-0.15, -0.1) is 5.75 Å². The first kappa shape index (κ1) is 24.1. The monoisotopic (exact) mass is 426 g/mol. The number of hydrogen-bond acceptors (Lipinski definition) is 4. The molecule has 0 spiro atoms. The zero-order valence-corrected chi connectivity index (χ0v) is 18.9. The molecule has 0 aliphatic rings. The van der Waals surface area contributed by atoms with Gasteiger partial charge >= 0.3 is 35.5 Å². The van der Waals surface area contributed by atoms with Gasteiger partial charge in [-0.2, -0.15) is 0 Å². The normalized spacial score (nSPS) is 11.0. The van der Waals surface area contributed by atoms with Gasteiger partial charge in [0, 0.05) is 17.7 Å². The Morgan fingerprint density at radius 2 is 1.45 bits per heavy atom. The SMILES string of the molecule is O=C(O)c1ccc(NC(=O)C(Cc2ccc([O-])cc2)NC(=O)c2ccccc2)cc1.[Na+]. The molecule has 1 unspecified atom stereocenters. The number of hydrogen-bond donors (Lipinski definition) is 3. The van der Waals surface area contributed by atoms with Crippen molar-refractivity contribution in [3.8, 4) is 5.75 Å². The maximum atomic E-state index is 12.9. The molecular weight excluding hydrogens is 407 g/mol. The summed E-state index contributed by atoms with van der Waals surface area (Å²) in [5.74, 6) is -2.08. The zero-order chi connectivity index (χ0) is 21.5. The molecule has 0 bridgehead atoms. The summed E-state index contributed by atoms with van der Waals surface area (Å²) in [4.78, 5) is 36.4. The molecule has 0 heterocycles. The first-order valence-corrected chi connectivity index (χ1v) is 9.18. The largest absolute Gasteiger partial charge is 1.00 e. The Balaban J connectivity index is 0.00000341. The van der Waals surface area contributed by atoms with Crippen LogP contribution in [0.2, 0.25) is 0 Å². The second-order valence-corrected chi connectivity index (χ2v) is 6.61. The van der Waals surface area contributed by atoms with Gasteiger partial charge in [0.15, 0.2) is 0 Å². The van der Waals surface area contributed by atoms with Gasteiger partial charge in [0.1, 0.15) is 6.04 Å². The molecule has 31 heavy (non-hydrogen) atoms. The van der Waals surface area contributed by atoms with Gasteiger partial charge in [0.25, 0.3) is 5.91 Å². The van der Waals surface area contributed by atoms with E-state index in [9.17, 15) is 19.5 Å². The number of carboxylic acid groups (broad SMARTS) is 1. The van der Waals surface area contributed by atoms with Crippen LogP contribution in [0.15, 0.2) is 78.9 Å². The van der Waals surface area contributed by atoms with Crippen LogP contribution in [0.5, 0.6) is 5.75 Å². The quantitative estimate of drug-likeness (QED) is 0.438. The van der Waals surface area contributed by atoms with Crippen molar-refractivity contribution in [1.82, 2.24) is 5.32 Å².